The number of carbonyl (C=O) groups excluding carboxylic acids is 1. The summed E-state index contributed by atoms with van der Waals surface area (Å²) in [6.07, 6.45) is 4.75. The predicted octanol–water partition coefficient (Wildman–Crippen LogP) is 6.03. The molecule has 1 amide bonds. The van der Waals surface area contributed by atoms with E-state index in [1.165, 1.54) is 44.7 Å². The van der Waals surface area contributed by atoms with Gasteiger partial charge >= 0.3 is 6.18 Å². The minimum Gasteiger partial charge on any atom is -0.363 e. The summed E-state index contributed by atoms with van der Waals surface area (Å²) in [6, 6.07) is 4.90. The molecule has 2 aromatic rings. The maximum absolute atomic E-state index is 14.1. The van der Waals surface area contributed by atoms with E-state index in [9.17, 15) is 18.0 Å². The monoisotopic (exact) mass is 591 g/mol. The van der Waals surface area contributed by atoms with Gasteiger partial charge < -0.3 is 10.2 Å². The van der Waals surface area contributed by atoms with Crippen LogP contribution in [0.2, 0.25) is 0 Å². The lowest BCUT2D eigenvalue weighted by Gasteiger charge is -2.61. The van der Waals surface area contributed by atoms with Crippen molar-refractivity contribution in [1.29, 1.82) is 0 Å². The molecule has 5 fully saturated rings. The van der Waals surface area contributed by atoms with Gasteiger partial charge in [0.2, 0.25) is 0 Å². The molecule has 0 unspecified atom stereocenters. The van der Waals surface area contributed by atoms with Gasteiger partial charge in [0.15, 0.2) is 6.04 Å². The van der Waals surface area contributed by atoms with Crippen LogP contribution >= 0.6 is 15.9 Å². The first-order valence-corrected chi connectivity index (χ1v) is 14.7. The summed E-state index contributed by atoms with van der Waals surface area (Å²) in [5, 5.41) is 7.30. The largest absolute Gasteiger partial charge is 0.410 e. The highest BCUT2D eigenvalue weighted by molar-refractivity contribution is 9.10. The van der Waals surface area contributed by atoms with Gasteiger partial charge in [0.1, 0.15) is 11.4 Å². The maximum atomic E-state index is 14.1. The van der Waals surface area contributed by atoms with Crippen molar-refractivity contribution in [2.24, 2.45) is 17.8 Å². The molecule has 6 nitrogen and oxygen atoms in total. The van der Waals surface area contributed by atoms with Crippen molar-refractivity contribution in [3.05, 3.63) is 46.1 Å². The summed E-state index contributed by atoms with van der Waals surface area (Å²) in [5.41, 5.74) is 1.28. The molecule has 4 saturated carbocycles. The van der Waals surface area contributed by atoms with Crippen molar-refractivity contribution in [2.75, 3.05) is 31.5 Å². The molecule has 0 spiro atoms. The SMILES string of the molecule is O=C(c1cnn2c1N[C@@H](c1ccc(Br)cc1)C[C@H]2C(F)(F)F)N1CCN(C23CC4CC(CC(C4)C2)C3)CC1. The zero-order valence-electron chi connectivity index (χ0n) is 21.3. The second-order valence-electron chi connectivity index (χ2n) is 12.3. The molecular weight excluding hydrogens is 559 g/mol. The number of hydrogen-bond donors (Lipinski definition) is 1. The van der Waals surface area contributed by atoms with Crippen LogP contribution in [0.15, 0.2) is 34.9 Å². The number of rotatable bonds is 3. The van der Waals surface area contributed by atoms with Crippen molar-refractivity contribution in [3.63, 3.8) is 0 Å². The molecule has 2 aliphatic heterocycles. The fourth-order valence-electron chi connectivity index (χ4n) is 8.64. The van der Waals surface area contributed by atoms with Crippen LogP contribution in [0.25, 0.3) is 0 Å². The van der Waals surface area contributed by atoms with Crippen LogP contribution in [0.5, 0.6) is 0 Å². The number of anilines is 1. The molecule has 3 heterocycles. The number of nitrogens with zero attached hydrogens (tertiary/aromatic N) is 4. The second-order valence-corrected chi connectivity index (χ2v) is 13.2. The van der Waals surface area contributed by atoms with Crippen LogP contribution in [-0.4, -0.2) is 63.4 Å². The summed E-state index contributed by atoms with van der Waals surface area (Å²) in [5.74, 6) is 2.53. The fourth-order valence-corrected chi connectivity index (χ4v) is 8.90. The van der Waals surface area contributed by atoms with Gasteiger partial charge in [-0.2, -0.15) is 18.3 Å². The van der Waals surface area contributed by atoms with Crippen molar-refractivity contribution in [1.82, 2.24) is 19.6 Å². The number of nitrogens with one attached hydrogen (secondary N) is 1. The Morgan fingerprint density at radius 3 is 2.13 bits per heavy atom. The molecule has 1 aromatic heterocycles. The third kappa shape index (κ3) is 4.17. The van der Waals surface area contributed by atoms with E-state index >= 15 is 0 Å². The summed E-state index contributed by atoms with van der Waals surface area (Å²) in [4.78, 5) is 18.1. The lowest BCUT2D eigenvalue weighted by atomic mass is 9.52. The van der Waals surface area contributed by atoms with E-state index in [4.69, 9.17) is 0 Å². The highest BCUT2D eigenvalue weighted by Gasteiger charge is 2.54. The Hall–Kier alpha value is -2.07. The number of amides is 1. The first kappa shape index (κ1) is 24.9. The molecule has 1 saturated heterocycles. The Labute approximate surface area is 229 Å². The number of carbonyl (C=O) groups is 1. The number of aromatic nitrogens is 2. The average Bonchev–Trinajstić information content (AvgIpc) is 3.31. The Kier molecular flexibility index (Phi) is 5.89. The third-order valence-electron chi connectivity index (χ3n) is 9.98. The zero-order valence-corrected chi connectivity index (χ0v) is 22.8. The Bertz CT molecular complexity index is 1180. The molecule has 10 heteroatoms. The van der Waals surface area contributed by atoms with E-state index in [1.54, 1.807) is 0 Å². The summed E-state index contributed by atoms with van der Waals surface area (Å²) >= 11 is 3.39. The van der Waals surface area contributed by atoms with E-state index < -0.39 is 18.3 Å². The molecule has 0 radical (unpaired) electrons. The number of piperazine rings is 1. The molecule has 4 bridgehead atoms. The number of fused-ring (bicyclic) bond motifs is 1. The second kappa shape index (κ2) is 8.98. The van der Waals surface area contributed by atoms with Crippen LogP contribution < -0.4 is 5.32 Å². The van der Waals surface area contributed by atoms with Gasteiger partial charge in [0, 0.05) is 42.6 Å². The highest BCUT2D eigenvalue weighted by atomic mass is 79.9. The summed E-state index contributed by atoms with van der Waals surface area (Å²) in [7, 11) is 0. The van der Waals surface area contributed by atoms with Crippen LogP contribution in [0, 0.1) is 17.8 Å². The number of hydrogen-bond acceptors (Lipinski definition) is 4. The molecule has 8 rings (SSSR count). The quantitative estimate of drug-likeness (QED) is 0.473. The van der Waals surface area contributed by atoms with Gasteiger partial charge in [-0.15, -0.1) is 0 Å². The summed E-state index contributed by atoms with van der Waals surface area (Å²) < 4.78 is 44.1. The van der Waals surface area contributed by atoms with Crippen molar-refractivity contribution in [3.8, 4) is 0 Å². The number of halogens is 4. The Morgan fingerprint density at radius 2 is 1.55 bits per heavy atom. The van der Waals surface area contributed by atoms with Gasteiger partial charge in [0.25, 0.3) is 5.91 Å². The minimum absolute atomic E-state index is 0.167. The lowest BCUT2D eigenvalue weighted by Crippen LogP contribution is -2.64. The van der Waals surface area contributed by atoms with Crippen LogP contribution in [0.4, 0.5) is 19.0 Å². The van der Waals surface area contributed by atoms with Gasteiger partial charge in [0.05, 0.1) is 12.2 Å². The van der Waals surface area contributed by atoms with Crippen LogP contribution in [0.1, 0.15) is 73.0 Å². The molecule has 6 aliphatic rings. The molecule has 4 aliphatic carbocycles. The molecule has 2 atom stereocenters. The average molecular weight is 593 g/mol. The Morgan fingerprint density at radius 1 is 0.947 bits per heavy atom. The van der Waals surface area contributed by atoms with Crippen LogP contribution in [-0.2, 0) is 0 Å². The predicted molar refractivity (Wildman–Crippen MR) is 141 cm³/mol. The molecule has 1 N–H and O–H groups in total. The van der Waals surface area contributed by atoms with Crippen molar-refractivity contribution >= 4 is 27.7 Å². The third-order valence-corrected chi connectivity index (χ3v) is 10.5. The normalized spacial score (nSPS) is 34.7. The van der Waals surface area contributed by atoms with Crippen molar-refractivity contribution < 1.29 is 18.0 Å². The lowest BCUT2D eigenvalue weighted by molar-refractivity contribution is -0.173. The van der Waals surface area contributed by atoms with Crippen LogP contribution in [0.3, 0.4) is 0 Å². The van der Waals surface area contributed by atoms with E-state index in [-0.39, 0.29) is 23.7 Å². The molecule has 38 heavy (non-hydrogen) atoms. The molecule has 1 aromatic carbocycles. The molecule has 204 valence electrons. The standard InChI is InChI=1S/C28H33BrF3N5O/c29-21-3-1-20(2-4-21)23-12-24(28(30,31)32)37-25(34-23)22(16-33-37)26(38)35-5-7-36(8-6-35)27-13-17-9-18(14-27)11-19(10-17)15-27/h1-4,16-19,23-24,34H,5-15H2/t17?,18?,19?,23-,24+,27?/m1/s1. The highest BCUT2D eigenvalue weighted by Crippen LogP contribution is 2.58. The van der Waals surface area contributed by atoms with E-state index in [2.05, 4.69) is 31.2 Å². The zero-order chi connectivity index (χ0) is 26.2. The topological polar surface area (TPSA) is 53.4 Å². The smallest absolute Gasteiger partial charge is 0.363 e. The number of benzene rings is 1. The molecular formula is C28H33BrF3N5O. The van der Waals surface area contributed by atoms with E-state index in [1.807, 2.05) is 29.2 Å². The van der Waals surface area contributed by atoms with Gasteiger partial charge in [-0.1, -0.05) is 28.1 Å². The number of alkyl halides is 3. The fraction of sp³-hybridized carbons (Fsp3) is 0.643. The van der Waals surface area contributed by atoms with Gasteiger partial charge in [-0.05, 0) is 74.0 Å². The Balaban J connectivity index is 1.10. The maximum Gasteiger partial charge on any atom is 0.410 e. The summed E-state index contributed by atoms with van der Waals surface area (Å²) in [6.45, 7) is 2.87. The first-order valence-electron chi connectivity index (χ1n) is 13.9. The van der Waals surface area contributed by atoms with E-state index in [0.717, 1.165) is 45.6 Å². The van der Waals surface area contributed by atoms with Crippen molar-refractivity contribution in [2.45, 2.75) is 68.7 Å². The van der Waals surface area contributed by atoms with Gasteiger partial charge in [-0.25, -0.2) is 4.68 Å². The van der Waals surface area contributed by atoms with E-state index in [0.29, 0.717) is 18.6 Å². The van der Waals surface area contributed by atoms with Gasteiger partial charge in [-0.3, -0.25) is 9.69 Å². The minimum atomic E-state index is -4.47. The first-order chi connectivity index (χ1) is 18.2.